The van der Waals surface area contributed by atoms with Gasteiger partial charge in [-0.25, -0.2) is 13.1 Å². The third kappa shape index (κ3) is 5.38. The Balaban J connectivity index is 2.95. The zero-order valence-corrected chi connectivity index (χ0v) is 12.9. The van der Waals surface area contributed by atoms with E-state index in [2.05, 4.69) is 21.5 Å². The van der Waals surface area contributed by atoms with Gasteiger partial charge in [-0.15, -0.1) is 0 Å². The topological polar surface area (TPSA) is 102 Å². The molecule has 0 bridgehead atoms. The molecule has 0 spiro atoms. The van der Waals surface area contributed by atoms with Crippen LogP contribution in [-0.2, 0) is 20.8 Å². The van der Waals surface area contributed by atoms with Gasteiger partial charge >= 0.3 is 0 Å². The molecule has 1 aromatic heterocycles. The molecule has 1 rings (SSSR count). The number of sulfonamides is 1. The molecule has 0 radical (unpaired) electrons. The van der Waals surface area contributed by atoms with E-state index in [1.807, 2.05) is 0 Å². The molecule has 1 heterocycles. The van der Waals surface area contributed by atoms with Crippen LogP contribution in [0.2, 0.25) is 0 Å². The van der Waals surface area contributed by atoms with Crippen LogP contribution in [0.4, 0.5) is 0 Å². The molecule has 0 saturated carbocycles. The van der Waals surface area contributed by atoms with E-state index in [-0.39, 0.29) is 17.2 Å². The maximum absolute atomic E-state index is 12.1. The molecule has 0 aromatic carbocycles. The summed E-state index contributed by atoms with van der Waals surface area (Å²) in [7, 11) is -4.77. The minimum Gasteiger partial charge on any atom is -0.320 e. The fourth-order valence-corrected chi connectivity index (χ4v) is 3.63. The largest absolute Gasteiger partial charge is 0.320 e. The number of hydrogen-bond donors (Lipinski definition) is 2. The fraction of sp³-hybridized carbons (Fsp3) is 0.417. The summed E-state index contributed by atoms with van der Waals surface area (Å²) in [6.45, 7) is 1.85. The van der Waals surface area contributed by atoms with Crippen molar-refractivity contribution in [1.82, 2.24) is 9.71 Å². The Hall–Kier alpha value is -1.27. The van der Waals surface area contributed by atoms with E-state index >= 15 is 0 Å². The average molecular weight is 315 g/mol. The molecule has 1 aromatic rings. The minimum atomic E-state index is -3.70. The lowest BCUT2D eigenvalue weighted by Crippen LogP contribution is -2.36. The van der Waals surface area contributed by atoms with Crippen LogP contribution in [0.3, 0.4) is 0 Å². The maximum Gasteiger partial charge on any atom is 0.242 e. The SMILES string of the molecule is CC(CS(C)=O)NS(=O)(=O)c1cncc(C#CCN)c1. The number of rotatable bonds is 5. The Morgan fingerprint density at radius 3 is 2.80 bits per heavy atom. The van der Waals surface area contributed by atoms with Gasteiger partial charge in [0.05, 0.1) is 6.54 Å². The summed E-state index contributed by atoms with van der Waals surface area (Å²) in [6, 6.07) is 0.998. The molecule has 3 N–H and O–H groups in total. The summed E-state index contributed by atoms with van der Waals surface area (Å²) in [4.78, 5) is 3.87. The van der Waals surface area contributed by atoms with Gasteiger partial charge in [0.1, 0.15) is 4.90 Å². The second-order valence-corrected chi connectivity index (χ2v) is 7.37. The van der Waals surface area contributed by atoms with Crippen molar-refractivity contribution in [2.45, 2.75) is 17.9 Å². The average Bonchev–Trinajstić information content (AvgIpc) is 2.35. The highest BCUT2D eigenvalue weighted by atomic mass is 32.2. The molecule has 2 atom stereocenters. The zero-order valence-electron chi connectivity index (χ0n) is 11.3. The van der Waals surface area contributed by atoms with Crippen molar-refractivity contribution >= 4 is 20.8 Å². The fourth-order valence-electron chi connectivity index (χ4n) is 1.51. The summed E-state index contributed by atoms with van der Waals surface area (Å²) in [5, 5.41) is 0. The summed E-state index contributed by atoms with van der Waals surface area (Å²) in [5.41, 5.74) is 5.74. The van der Waals surface area contributed by atoms with Gasteiger partial charge in [0.25, 0.3) is 0 Å². The zero-order chi connectivity index (χ0) is 15.2. The highest BCUT2D eigenvalue weighted by Crippen LogP contribution is 2.09. The van der Waals surface area contributed by atoms with Gasteiger partial charge in [-0.3, -0.25) is 9.19 Å². The summed E-state index contributed by atoms with van der Waals surface area (Å²) >= 11 is 0. The van der Waals surface area contributed by atoms with Crippen molar-refractivity contribution in [3.63, 3.8) is 0 Å². The van der Waals surface area contributed by atoms with Crippen LogP contribution < -0.4 is 10.5 Å². The number of aromatic nitrogens is 1. The first-order chi connectivity index (χ1) is 9.35. The minimum absolute atomic E-state index is 0.0232. The molecule has 0 saturated heterocycles. The Labute approximate surface area is 121 Å². The molecule has 0 aliphatic rings. The van der Waals surface area contributed by atoms with Gasteiger partial charge < -0.3 is 5.73 Å². The predicted octanol–water partition coefficient (Wildman–Crippen LogP) is -0.563. The molecule has 6 nitrogen and oxygen atoms in total. The Bertz CT molecular complexity index is 647. The molecule has 110 valence electrons. The van der Waals surface area contributed by atoms with Gasteiger partial charge in [-0.2, -0.15) is 0 Å². The first-order valence-electron chi connectivity index (χ1n) is 5.81. The van der Waals surface area contributed by atoms with E-state index in [9.17, 15) is 12.6 Å². The van der Waals surface area contributed by atoms with Gasteiger partial charge in [-0.05, 0) is 13.0 Å². The lowest BCUT2D eigenvalue weighted by molar-refractivity contribution is 0.569. The van der Waals surface area contributed by atoms with Crippen LogP contribution in [0.1, 0.15) is 12.5 Å². The molecule has 0 amide bonds. The van der Waals surface area contributed by atoms with E-state index in [0.717, 1.165) is 0 Å². The van der Waals surface area contributed by atoms with Crippen molar-refractivity contribution in [2.75, 3.05) is 18.6 Å². The number of pyridine rings is 1. The van der Waals surface area contributed by atoms with Crippen LogP contribution >= 0.6 is 0 Å². The standard InChI is InChI=1S/C12H17N3O3S2/c1-10(9-19(2)16)15-20(17,18)12-6-11(4-3-5-13)7-14-8-12/h6-8,10,15H,5,9,13H2,1-2H3. The lowest BCUT2D eigenvalue weighted by Gasteiger charge is -2.12. The Morgan fingerprint density at radius 1 is 1.50 bits per heavy atom. The van der Waals surface area contributed by atoms with Crippen LogP contribution in [-0.4, -0.2) is 42.2 Å². The molecule has 20 heavy (non-hydrogen) atoms. The lowest BCUT2D eigenvalue weighted by atomic mass is 10.3. The van der Waals surface area contributed by atoms with Crippen molar-refractivity contribution in [3.05, 3.63) is 24.0 Å². The van der Waals surface area contributed by atoms with E-state index in [4.69, 9.17) is 5.73 Å². The maximum atomic E-state index is 12.1. The van der Waals surface area contributed by atoms with Gasteiger partial charge in [0.15, 0.2) is 0 Å². The second-order valence-electron chi connectivity index (χ2n) is 4.18. The molecule has 8 heteroatoms. The van der Waals surface area contributed by atoms with E-state index < -0.39 is 26.9 Å². The Morgan fingerprint density at radius 2 is 2.20 bits per heavy atom. The number of nitrogens with zero attached hydrogens (tertiary/aromatic N) is 1. The molecular weight excluding hydrogens is 298 g/mol. The number of hydrogen-bond acceptors (Lipinski definition) is 5. The van der Waals surface area contributed by atoms with Crippen LogP contribution in [0.5, 0.6) is 0 Å². The van der Waals surface area contributed by atoms with Gasteiger partial charge in [0.2, 0.25) is 10.0 Å². The van der Waals surface area contributed by atoms with Crippen molar-refractivity contribution in [3.8, 4) is 11.8 Å². The second kappa shape index (κ2) is 7.50. The van der Waals surface area contributed by atoms with Crippen LogP contribution in [0.25, 0.3) is 0 Å². The molecule has 0 aliphatic carbocycles. The first-order valence-corrected chi connectivity index (χ1v) is 9.02. The van der Waals surface area contributed by atoms with E-state index in [1.165, 1.54) is 24.7 Å². The van der Waals surface area contributed by atoms with Crippen molar-refractivity contribution in [2.24, 2.45) is 5.73 Å². The number of nitrogens with one attached hydrogen (secondary N) is 1. The third-order valence-corrected chi connectivity index (χ3v) is 4.73. The smallest absolute Gasteiger partial charge is 0.242 e. The Kier molecular flexibility index (Phi) is 6.29. The van der Waals surface area contributed by atoms with E-state index in [1.54, 1.807) is 6.92 Å². The van der Waals surface area contributed by atoms with Crippen LogP contribution in [0.15, 0.2) is 23.4 Å². The summed E-state index contributed by atoms with van der Waals surface area (Å²) in [6.07, 6.45) is 4.23. The molecule has 2 unspecified atom stereocenters. The molecule has 0 aliphatic heterocycles. The summed E-state index contributed by atoms with van der Waals surface area (Å²) in [5.74, 6) is 5.61. The van der Waals surface area contributed by atoms with Crippen molar-refractivity contribution < 1.29 is 12.6 Å². The first kappa shape index (κ1) is 16.8. The van der Waals surface area contributed by atoms with Crippen LogP contribution in [0, 0.1) is 11.8 Å². The normalized spacial score (nSPS) is 14.2. The number of nitrogens with two attached hydrogens (primary N) is 1. The molecule has 0 fully saturated rings. The van der Waals surface area contributed by atoms with Gasteiger partial charge in [0, 0.05) is 46.8 Å². The quantitative estimate of drug-likeness (QED) is 0.709. The molecular formula is C12H17N3O3S2. The van der Waals surface area contributed by atoms with Crippen molar-refractivity contribution in [1.29, 1.82) is 0 Å². The third-order valence-electron chi connectivity index (χ3n) is 2.20. The summed E-state index contributed by atoms with van der Waals surface area (Å²) < 4.78 is 37.8. The van der Waals surface area contributed by atoms with Gasteiger partial charge in [-0.1, -0.05) is 11.8 Å². The van der Waals surface area contributed by atoms with E-state index in [0.29, 0.717) is 5.56 Å². The highest BCUT2D eigenvalue weighted by Gasteiger charge is 2.18. The monoisotopic (exact) mass is 315 g/mol. The predicted molar refractivity (Wildman–Crippen MR) is 78.9 cm³/mol. The highest BCUT2D eigenvalue weighted by molar-refractivity contribution is 7.89.